The van der Waals surface area contributed by atoms with Crippen molar-refractivity contribution in [2.75, 3.05) is 12.8 Å². The van der Waals surface area contributed by atoms with Gasteiger partial charge in [-0.15, -0.1) is 0 Å². The minimum absolute atomic E-state index is 0.319. The summed E-state index contributed by atoms with van der Waals surface area (Å²) < 4.78 is 22.6. The minimum atomic E-state index is -3.14. The Morgan fingerprint density at radius 2 is 1.84 bits per heavy atom. The summed E-state index contributed by atoms with van der Waals surface area (Å²) in [5.41, 5.74) is 1.97. The molecule has 104 valence electrons. The summed E-state index contributed by atoms with van der Waals surface area (Å²) in [5.74, 6) is 0. The van der Waals surface area contributed by atoms with Gasteiger partial charge in [0.25, 0.3) is 0 Å². The van der Waals surface area contributed by atoms with E-state index < -0.39 is 9.84 Å². The van der Waals surface area contributed by atoms with Crippen molar-refractivity contribution in [3.63, 3.8) is 0 Å². The van der Waals surface area contributed by atoms with Crippen LogP contribution in [0.5, 0.6) is 0 Å². The molecule has 19 heavy (non-hydrogen) atoms. The van der Waals surface area contributed by atoms with Crippen molar-refractivity contribution in [3.05, 3.63) is 42.0 Å². The number of nitrogens with one attached hydrogen (secondary N) is 2. The molecule has 2 N–H and O–H groups in total. The standard InChI is InChI=1S/C13H18N2O2S2/c1-10(2)8-14-13(18)15-9-11-4-6-12(7-5-11)19(3,16)17/h4-7H,1,8-9H2,2-3H3,(H2,14,15,18). The predicted molar refractivity (Wildman–Crippen MR) is 81.8 cm³/mol. The van der Waals surface area contributed by atoms with Crippen LogP contribution < -0.4 is 10.6 Å². The molecule has 1 rings (SSSR count). The van der Waals surface area contributed by atoms with Crippen LogP contribution in [0.2, 0.25) is 0 Å². The number of rotatable bonds is 5. The third kappa shape index (κ3) is 5.85. The Balaban J connectivity index is 2.51. The Hall–Kier alpha value is -1.40. The lowest BCUT2D eigenvalue weighted by Gasteiger charge is -2.10. The Morgan fingerprint density at radius 3 is 2.32 bits per heavy atom. The first-order valence-corrected chi connectivity index (χ1v) is 8.04. The average Bonchev–Trinajstić information content (AvgIpc) is 2.33. The third-order valence-electron chi connectivity index (χ3n) is 2.36. The zero-order valence-corrected chi connectivity index (χ0v) is 12.7. The molecule has 0 amide bonds. The van der Waals surface area contributed by atoms with Crippen LogP contribution in [0.25, 0.3) is 0 Å². The van der Waals surface area contributed by atoms with E-state index in [1.165, 1.54) is 6.26 Å². The van der Waals surface area contributed by atoms with E-state index in [0.717, 1.165) is 11.1 Å². The van der Waals surface area contributed by atoms with Gasteiger partial charge in [0.15, 0.2) is 14.9 Å². The van der Waals surface area contributed by atoms with E-state index in [-0.39, 0.29) is 0 Å². The minimum Gasteiger partial charge on any atom is -0.359 e. The highest BCUT2D eigenvalue weighted by atomic mass is 32.2. The molecule has 4 nitrogen and oxygen atoms in total. The quantitative estimate of drug-likeness (QED) is 0.639. The van der Waals surface area contributed by atoms with Gasteiger partial charge < -0.3 is 10.6 Å². The van der Waals surface area contributed by atoms with Crippen molar-refractivity contribution < 1.29 is 8.42 Å². The molecular weight excluding hydrogens is 280 g/mol. The highest BCUT2D eigenvalue weighted by Gasteiger charge is 2.06. The van der Waals surface area contributed by atoms with E-state index in [1.54, 1.807) is 24.3 Å². The van der Waals surface area contributed by atoms with Crippen LogP contribution >= 0.6 is 12.2 Å². The van der Waals surface area contributed by atoms with Crippen LogP contribution in [-0.2, 0) is 16.4 Å². The summed E-state index contributed by atoms with van der Waals surface area (Å²) in [5, 5.41) is 6.61. The summed E-state index contributed by atoms with van der Waals surface area (Å²) in [6, 6.07) is 6.73. The maximum Gasteiger partial charge on any atom is 0.175 e. The Morgan fingerprint density at radius 1 is 1.26 bits per heavy atom. The summed E-state index contributed by atoms with van der Waals surface area (Å²) in [4.78, 5) is 0.319. The van der Waals surface area contributed by atoms with Gasteiger partial charge in [0, 0.05) is 19.3 Å². The van der Waals surface area contributed by atoms with E-state index in [0.29, 0.717) is 23.1 Å². The fraction of sp³-hybridized carbons (Fsp3) is 0.308. The molecule has 0 saturated heterocycles. The average molecular weight is 298 g/mol. The molecule has 0 radical (unpaired) electrons. The van der Waals surface area contributed by atoms with Crippen LogP contribution in [0.1, 0.15) is 12.5 Å². The molecule has 0 bridgehead atoms. The van der Waals surface area contributed by atoms with E-state index in [4.69, 9.17) is 12.2 Å². The Kier molecular flexibility index (Phi) is 5.50. The fourth-order valence-corrected chi connectivity index (χ4v) is 2.11. The van der Waals surface area contributed by atoms with Crippen LogP contribution in [0, 0.1) is 0 Å². The molecule has 0 aliphatic heterocycles. The van der Waals surface area contributed by atoms with Crippen molar-refractivity contribution >= 4 is 27.2 Å². The Labute approximate surface area is 119 Å². The maximum atomic E-state index is 11.3. The summed E-state index contributed by atoms with van der Waals surface area (Å²) in [6.45, 7) is 6.87. The normalized spacial score (nSPS) is 10.8. The first kappa shape index (κ1) is 15.7. The van der Waals surface area contributed by atoms with Gasteiger partial charge in [-0.2, -0.15) is 0 Å². The molecule has 0 saturated carbocycles. The van der Waals surface area contributed by atoms with Crippen LogP contribution in [0.15, 0.2) is 41.3 Å². The van der Waals surface area contributed by atoms with E-state index >= 15 is 0 Å². The Bertz CT molecular complexity index is 563. The van der Waals surface area contributed by atoms with Gasteiger partial charge in [-0.3, -0.25) is 0 Å². The number of thiocarbonyl (C=S) groups is 1. The van der Waals surface area contributed by atoms with Crippen molar-refractivity contribution in [1.82, 2.24) is 10.6 Å². The van der Waals surface area contributed by atoms with Gasteiger partial charge in [0.1, 0.15) is 0 Å². The second-order valence-electron chi connectivity index (χ2n) is 4.41. The van der Waals surface area contributed by atoms with Crippen molar-refractivity contribution in [1.29, 1.82) is 0 Å². The van der Waals surface area contributed by atoms with Crippen LogP contribution in [-0.4, -0.2) is 26.3 Å². The van der Waals surface area contributed by atoms with E-state index in [2.05, 4.69) is 17.2 Å². The summed E-state index contributed by atoms with van der Waals surface area (Å²) in [7, 11) is -3.14. The first-order chi connectivity index (χ1) is 8.79. The third-order valence-corrected chi connectivity index (χ3v) is 3.77. The topological polar surface area (TPSA) is 58.2 Å². The van der Waals surface area contributed by atoms with Gasteiger partial charge in [0.2, 0.25) is 0 Å². The lowest BCUT2D eigenvalue weighted by molar-refractivity contribution is 0.602. The summed E-state index contributed by atoms with van der Waals surface area (Å²) in [6.07, 6.45) is 1.19. The molecule has 6 heteroatoms. The van der Waals surface area contributed by atoms with Crippen molar-refractivity contribution in [2.45, 2.75) is 18.4 Å². The number of benzene rings is 1. The van der Waals surface area contributed by atoms with Crippen LogP contribution in [0.4, 0.5) is 0 Å². The first-order valence-electron chi connectivity index (χ1n) is 5.74. The predicted octanol–water partition coefficient (Wildman–Crippen LogP) is 1.63. The molecular formula is C13H18N2O2S2. The number of hydrogen-bond acceptors (Lipinski definition) is 3. The smallest absolute Gasteiger partial charge is 0.175 e. The molecule has 0 fully saturated rings. The monoisotopic (exact) mass is 298 g/mol. The van der Waals surface area contributed by atoms with Gasteiger partial charge in [-0.1, -0.05) is 24.3 Å². The zero-order chi connectivity index (χ0) is 14.5. The van der Waals surface area contributed by atoms with Gasteiger partial charge >= 0.3 is 0 Å². The maximum absolute atomic E-state index is 11.3. The summed E-state index contributed by atoms with van der Waals surface area (Å²) >= 11 is 5.10. The second-order valence-corrected chi connectivity index (χ2v) is 6.83. The van der Waals surface area contributed by atoms with Crippen molar-refractivity contribution in [2.24, 2.45) is 0 Å². The molecule has 0 heterocycles. The van der Waals surface area contributed by atoms with Gasteiger partial charge in [-0.25, -0.2) is 8.42 Å². The van der Waals surface area contributed by atoms with E-state index in [1.807, 2.05) is 6.92 Å². The molecule has 0 atom stereocenters. The van der Waals surface area contributed by atoms with E-state index in [9.17, 15) is 8.42 Å². The zero-order valence-electron chi connectivity index (χ0n) is 11.1. The number of hydrogen-bond donors (Lipinski definition) is 2. The molecule has 0 aliphatic carbocycles. The second kappa shape index (κ2) is 6.68. The molecule has 0 aromatic heterocycles. The van der Waals surface area contributed by atoms with Gasteiger partial charge in [0.05, 0.1) is 4.90 Å². The van der Waals surface area contributed by atoms with Crippen LogP contribution in [0.3, 0.4) is 0 Å². The lowest BCUT2D eigenvalue weighted by atomic mass is 10.2. The molecule has 1 aromatic carbocycles. The molecule has 0 spiro atoms. The van der Waals surface area contributed by atoms with Gasteiger partial charge in [-0.05, 0) is 36.8 Å². The lowest BCUT2D eigenvalue weighted by Crippen LogP contribution is -2.35. The fourth-order valence-electron chi connectivity index (χ4n) is 1.33. The molecule has 0 aliphatic rings. The highest BCUT2D eigenvalue weighted by Crippen LogP contribution is 2.09. The number of sulfone groups is 1. The largest absolute Gasteiger partial charge is 0.359 e. The SMILES string of the molecule is C=C(C)CNC(=S)NCc1ccc(S(C)(=O)=O)cc1. The highest BCUT2D eigenvalue weighted by molar-refractivity contribution is 7.90. The molecule has 0 unspecified atom stereocenters. The molecule has 1 aromatic rings. The van der Waals surface area contributed by atoms with Crippen molar-refractivity contribution in [3.8, 4) is 0 Å².